The molecule has 2 aromatic carbocycles. The maximum atomic E-state index is 13.8. The maximum Gasteiger partial charge on any atom is 0.490 e. The van der Waals surface area contributed by atoms with Crippen molar-refractivity contribution in [2.75, 3.05) is 5.32 Å². The Kier molecular flexibility index (Phi) is 7.47. The van der Waals surface area contributed by atoms with Gasteiger partial charge in [-0.3, -0.25) is 14.9 Å². The number of benzene rings is 2. The predicted octanol–water partition coefficient (Wildman–Crippen LogP) is 4.77. The van der Waals surface area contributed by atoms with Gasteiger partial charge < -0.3 is 15.5 Å². The van der Waals surface area contributed by atoms with Crippen molar-refractivity contribution < 1.29 is 37.8 Å². The maximum absolute atomic E-state index is 13.8. The molecular weight excluding hydrogens is 489 g/mol. The van der Waals surface area contributed by atoms with Crippen LogP contribution in [0.25, 0.3) is 0 Å². The summed E-state index contributed by atoms with van der Waals surface area (Å²) in [6.07, 6.45) is -4.40. The third-order valence-corrected chi connectivity index (χ3v) is 6.73. The van der Waals surface area contributed by atoms with E-state index >= 15 is 0 Å². The SMILES string of the molecule is Cc1cccc(C2[C@H](C(=O)O)NC(CC(C)(C)C)[C@@]23C(=O)Nc2cc(C)ccc23)c1.O=C(O)C(F)(F)F. The molecule has 0 aliphatic carbocycles. The van der Waals surface area contributed by atoms with Crippen molar-refractivity contribution >= 4 is 23.5 Å². The highest BCUT2D eigenvalue weighted by Crippen LogP contribution is 2.56. The van der Waals surface area contributed by atoms with Gasteiger partial charge >= 0.3 is 18.1 Å². The molecule has 4 rings (SSSR count). The van der Waals surface area contributed by atoms with E-state index in [1.807, 2.05) is 56.3 Å². The molecule has 4 atom stereocenters. The summed E-state index contributed by atoms with van der Waals surface area (Å²) in [7, 11) is 0. The van der Waals surface area contributed by atoms with Gasteiger partial charge in [0.1, 0.15) is 11.5 Å². The molecule has 1 saturated heterocycles. The number of aliphatic carboxylic acids is 2. The summed E-state index contributed by atoms with van der Waals surface area (Å²) in [4.78, 5) is 35.1. The van der Waals surface area contributed by atoms with Gasteiger partial charge in [0.2, 0.25) is 5.91 Å². The third-order valence-electron chi connectivity index (χ3n) is 6.73. The van der Waals surface area contributed by atoms with Crippen molar-refractivity contribution in [3.05, 3.63) is 64.7 Å². The highest BCUT2D eigenvalue weighted by molar-refractivity contribution is 6.09. The van der Waals surface area contributed by atoms with Crippen LogP contribution in [0.5, 0.6) is 0 Å². The second kappa shape index (κ2) is 9.81. The van der Waals surface area contributed by atoms with Crippen LogP contribution >= 0.6 is 0 Å². The molecule has 1 spiro atoms. The van der Waals surface area contributed by atoms with Gasteiger partial charge in [-0.1, -0.05) is 62.7 Å². The zero-order chi connectivity index (χ0) is 27.9. The number of carbonyl (C=O) groups is 3. The molecule has 10 heteroatoms. The highest BCUT2D eigenvalue weighted by Gasteiger charge is 2.65. The minimum absolute atomic E-state index is 0.0804. The number of hydrogen-bond acceptors (Lipinski definition) is 4. The van der Waals surface area contributed by atoms with E-state index in [2.05, 4.69) is 31.4 Å². The molecule has 2 aliphatic rings. The zero-order valence-electron chi connectivity index (χ0n) is 21.2. The van der Waals surface area contributed by atoms with Gasteiger partial charge in [-0.05, 0) is 48.4 Å². The lowest BCUT2D eigenvalue weighted by Crippen LogP contribution is -2.49. The lowest BCUT2D eigenvalue weighted by molar-refractivity contribution is -0.192. The molecular formula is C27H31F3N2O5. The van der Waals surface area contributed by atoms with E-state index in [4.69, 9.17) is 9.90 Å². The molecule has 37 heavy (non-hydrogen) atoms. The Labute approximate surface area is 213 Å². The molecule has 1 fully saturated rings. The van der Waals surface area contributed by atoms with E-state index in [1.165, 1.54) is 0 Å². The molecule has 2 aromatic rings. The first-order valence-corrected chi connectivity index (χ1v) is 11.8. The second-order valence-corrected chi connectivity index (χ2v) is 10.9. The van der Waals surface area contributed by atoms with Gasteiger partial charge in [0, 0.05) is 17.6 Å². The molecule has 4 N–H and O–H groups in total. The normalized spacial score (nSPS) is 24.8. The van der Waals surface area contributed by atoms with Gasteiger partial charge in [-0.15, -0.1) is 0 Å². The standard InChI is InChI=1S/C25H30N2O3.C2HF3O2/c1-14-7-6-8-16(11-14)20-21(22(28)29)27-19(13-24(3,4)5)25(20)17-10-9-15(2)12-18(17)26-23(25)30;3-2(4,5)1(6)7/h6-12,19-21,27H,13H2,1-5H3,(H,26,30)(H,28,29);(H,6,7)/t19?,20?,21-,25-;/m1./s1. The van der Waals surface area contributed by atoms with Crippen LogP contribution in [-0.2, 0) is 19.8 Å². The number of halogens is 3. The van der Waals surface area contributed by atoms with E-state index in [9.17, 15) is 27.9 Å². The Morgan fingerprint density at radius 3 is 2.11 bits per heavy atom. The minimum atomic E-state index is -5.08. The Morgan fingerprint density at radius 2 is 1.59 bits per heavy atom. The second-order valence-electron chi connectivity index (χ2n) is 10.9. The van der Waals surface area contributed by atoms with Crippen molar-refractivity contribution in [3.8, 4) is 0 Å². The van der Waals surface area contributed by atoms with E-state index in [1.54, 1.807) is 0 Å². The summed E-state index contributed by atoms with van der Waals surface area (Å²) in [6, 6.07) is 12.8. The summed E-state index contributed by atoms with van der Waals surface area (Å²) in [5.74, 6) is -4.30. The molecule has 7 nitrogen and oxygen atoms in total. The Morgan fingerprint density at radius 1 is 1.00 bits per heavy atom. The summed E-state index contributed by atoms with van der Waals surface area (Å²) in [5.41, 5.74) is 3.63. The highest BCUT2D eigenvalue weighted by atomic mass is 19.4. The number of aryl methyl sites for hydroxylation is 2. The van der Waals surface area contributed by atoms with Crippen molar-refractivity contribution in [2.45, 2.75) is 70.6 Å². The van der Waals surface area contributed by atoms with Crippen LogP contribution in [0.15, 0.2) is 42.5 Å². The first kappa shape index (κ1) is 28.2. The van der Waals surface area contributed by atoms with Gasteiger partial charge in [-0.25, -0.2) is 4.79 Å². The fraction of sp³-hybridized carbons (Fsp3) is 0.444. The average molecular weight is 521 g/mol. The van der Waals surface area contributed by atoms with Crippen LogP contribution in [-0.4, -0.2) is 46.3 Å². The Balaban J connectivity index is 0.000000479. The largest absolute Gasteiger partial charge is 0.490 e. The van der Waals surface area contributed by atoms with E-state index in [0.29, 0.717) is 6.42 Å². The molecule has 2 unspecified atom stereocenters. The molecule has 0 radical (unpaired) electrons. The quantitative estimate of drug-likeness (QED) is 0.463. The monoisotopic (exact) mass is 520 g/mol. The topological polar surface area (TPSA) is 116 Å². The summed E-state index contributed by atoms with van der Waals surface area (Å²) < 4.78 is 31.7. The smallest absolute Gasteiger partial charge is 0.480 e. The molecule has 0 bridgehead atoms. The number of carboxylic acids is 2. The summed E-state index contributed by atoms with van der Waals surface area (Å²) >= 11 is 0. The van der Waals surface area contributed by atoms with Crippen LogP contribution in [0.2, 0.25) is 0 Å². The van der Waals surface area contributed by atoms with Crippen LogP contribution in [0, 0.1) is 19.3 Å². The van der Waals surface area contributed by atoms with E-state index < -0.39 is 35.5 Å². The molecule has 0 aromatic heterocycles. The number of amides is 1. The van der Waals surface area contributed by atoms with Crippen molar-refractivity contribution in [1.29, 1.82) is 0 Å². The number of carbonyl (C=O) groups excluding carboxylic acids is 1. The van der Waals surface area contributed by atoms with Crippen molar-refractivity contribution in [3.63, 3.8) is 0 Å². The number of nitrogens with one attached hydrogen (secondary N) is 2. The van der Waals surface area contributed by atoms with Crippen molar-refractivity contribution in [1.82, 2.24) is 5.32 Å². The number of rotatable bonds is 3. The lowest BCUT2D eigenvalue weighted by Gasteiger charge is -2.37. The zero-order valence-corrected chi connectivity index (χ0v) is 21.2. The average Bonchev–Trinajstić information content (AvgIpc) is 3.22. The molecule has 0 saturated carbocycles. The number of fused-ring (bicyclic) bond motifs is 2. The first-order chi connectivity index (χ1) is 17.0. The number of hydrogen-bond donors (Lipinski definition) is 4. The number of alkyl halides is 3. The Hall–Kier alpha value is -3.40. The molecule has 1 amide bonds. The first-order valence-electron chi connectivity index (χ1n) is 11.8. The third kappa shape index (κ3) is 5.49. The van der Waals surface area contributed by atoms with Crippen LogP contribution in [0.3, 0.4) is 0 Å². The Bertz CT molecular complexity index is 1220. The van der Waals surface area contributed by atoms with Crippen LogP contribution in [0.4, 0.5) is 18.9 Å². The summed E-state index contributed by atoms with van der Waals surface area (Å²) in [5, 5.41) is 23.7. The minimum Gasteiger partial charge on any atom is -0.480 e. The molecule has 2 aliphatic heterocycles. The van der Waals surface area contributed by atoms with E-state index in [0.717, 1.165) is 27.9 Å². The fourth-order valence-corrected chi connectivity index (χ4v) is 5.41. The van der Waals surface area contributed by atoms with Gasteiger partial charge in [0.05, 0.1) is 0 Å². The van der Waals surface area contributed by atoms with Crippen molar-refractivity contribution in [2.24, 2.45) is 5.41 Å². The van der Waals surface area contributed by atoms with Crippen LogP contribution in [0.1, 0.15) is 55.4 Å². The lowest BCUT2D eigenvalue weighted by atomic mass is 9.62. The van der Waals surface area contributed by atoms with E-state index in [-0.39, 0.29) is 17.4 Å². The fourth-order valence-electron chi connectivity index (χ4n) is 5.41. The summed E-state index contributed by atoms with van der Waals surface area (Å²) in [6.45, 7) is 10.4. The number of anilines is 1. The molecule has 2 heterocycles. The molecule has 200 valence electrons. The van der Waals surface area contributed by atoms with Gasteiger partial charge in [0.25, 0.3) is 0 Å². The van der Waals surface area contributed by atoms with Gasteiger partial charge in [0.15, 0.2) is 0 Å². The van der Waals surface area contributed by atoms with Gasteiger partial charge in [-0.2, -0.15) is 13.2 Å². The predicted molar refractivity (Wildman–Crippen MR) is 132 cm³/mol. The van der Waals surface area contributed by atoms with Crippen LogP contribution < -0.4 is 10.6 Å². The number of carboxylic acid groups (broad SMARTS) is 2.